The summed E-state index contributed by atoms with van der Waals surface area (Å²) in [5, 5.41) is 9.37. The number of aromatic nitrogens is 1. The predicted octanol–water partition coefficient (Wildman–Crippen LogP) is 6.23. The number of anilines is 1. The largest absolute Gasteiger partial charge is 0.446 e. The minimum Gasteiger partial charge on any atom is -0.446 e. The van der Waals surface area contributed by atoms with Crippen molar-refractivity contribution in [2.75, 3.05) is 11.4 Å². The fourth-order valence-corrected chi connectivity index (χ4v) is 4.21. The first kappa shape index (κ1) is 28.7. The third-order valence-electron chi connectivity index (χ3n) is 5.82. The van der Waals surface area contributed by atoms with Crippen LogP contribution in [-0.4, -0.2) is 34.5 Å². The number of carbonyl (C=O) groups is 2. The van der Waals surface area contributed by atoms with Gasteiger partial charge < -0.3 is 9.64 Å². The average molecular weight is 542 g/mol. The molecule has 1 aliphatic heterocycles. The van der Waals surface area contributed by atoms with Crippen LogP contribution in [0.1, 0.15) is 67.7 Å². The van der Waals surface area contributed by atoms with Crippen molar-refractivity contribution in [3.05, 3.63) is 58.4 Å². The molecule has 204 valence electrons. The number of fused-ring (bicyclic) bond motifs is 1. The van der Waals surface area contributed by atoms with Gasteiger partial charge in [0.2, 0.25) is 5.91 Å². The lowest BCUT2D eigenvalue weighted by atomic mass is 10.0. The molecule has 0 spiro atoms. The number of nitrogens with zero attached hydrogens (tertiary/aromatic N) is 4. The molecule has 2 amide bonds. The van der Waals surface area contributed by atoms with Crippen molar-refractivity contribution >= 4 is 17.7 Å². The number of ether oxygens (including phenoxy) is 1. The number of halogens is 6. The van der Waals surface area contributed by atoms with E-state index in [0.29, 0.717) is 18.6 Å². The van der Waals surface area contributed by atoms with Crippen LogP contribution in [0.15, 0.2) is 30.3 Å². The summed E-state index contributed by atoms with van der Waals surface area (Å²) < 4.78 is 85.6. The van der Waals surface area contributed by atoms with Gasteiger partial charge in [0, 0.05) is 20.0 Å². The predicted molar refractivity (Wildman–Crippen MR) is 123 cm³/mol. The van der Waals surface area contributed by atoms with Crippen LogP contribution in [0.2, 0.25) is 0 Å². The maximum Gasteiger partial charge on any atom is 0.416 e. The number of amides is 2. The quantitative estimate of drug-likeness (QED) is 0.428. The van der Waals surface area contributed by atoms with Crippen LogP contribution in [0, 0.1) is 11.3 Å². The van der Waals surface area contributed by atoms with Crippen LogP contribution in [-0.2, 0) is 28.4 Å². The van der Waals surface area contributed by atoms with Crippen molar-refractivity contribution in [3.63, 3.8) is 0 Å². The fraction of sp³-hybridized carbons (Fsp3) is 0.440. The van der Waals surface area contributed by atoms with Gasteiger partial charge in [0.25, 0.3) is 0 Å². The van der Waals surface area contributed by atoms with Crippen molar-refractivity contribution in [2.24, 2.45) is 0 Å². The maximum absolute atomic E-state index is 13.4. The van der Waals surface area contributed by atoms with E-state index in [1.807, 2.05) is 6.07 Å². The topological polar surface area (TPSA) is 86.5 Å². The Labute approximate surface area is 214 Å². The Morgan fingerprint density at radius 3 is 2.24 bits per heavy atom. The van der Waals surface area contributed by atoms with Gasteiger partial charge in [-0.05, 0) is 62.6 Å². The first-order valence-corrected chi connectivity index (χ1v) is 11.6. The summed E-state index contributed by atoms with van der Waals surface area (Å²) in [4.78, 5) is 32.2. The lowest BCUT2D eigenvalue weighted by Gasteiger charge is -2.31. The van der Waals surface area contributed by atoms with Gasteiger partial charge in [0.05, 0.1) is 34.7 Å². The Hall–Kier alpha value is -3.82. The molecule has 7 nitrogen and oxygen atoms in total. The van der Waals surface area contributed by atoms with E-state index in [4.69, 9.17) is 4.74 Å². The van der Waals surface area contributed by atoms with Crippen LogP contribution in [0.4, 0.5) is 36.8 Å². The lowest BCUT2D eigenvalue weighted by Crippen LogP contribution is -2.35. The van der Waals surface area contributed by atoms with E-state index in [1.54, 1.807) is 13.8 Å². The zero-order valence-corrected chi connectivity index (χ0v) is 20.7. The standard InChI is InChI=1S/C25H24F6N4O3/c1-14(2)38-23(37)34-8-4-5-20(22-21(34)7-6-19(12-32)33-22)35(15(3)36)13-16-9-17(24(26,27)28)11-18(10-16)25(29,30)31/h6-7,9-11,14,20H,4-5,8,13H2,1-3H3. The lowest BCUT2D eigenvalue weighted by molar-refractivity contribution is -0.143. The highest BCUT2D eigenvalue weighted by Crippen LogP contribution is 2.39. The van der Waals surface area contributed by atoms with Gasteiger partial charge in [0.1, 0.15) is 11.8 Å². The molecule has 2 aromatic rings. The van der Waals surface area contributed by atoms with Crippen molar-refractivity contribution in [1.29, 1.82) is 5.26 Å². The Kier molecular flexibility index (Phi) is 8.24. The van der Waals surface area contributed by atoms with Crippen LogP contribution >= 0.6 is 0 Å². The van der Waals surface area contributed by atoms with E-state index in [0.717, 1.165) is 11.8 Å². The summed E-state index contributed by atoms with van der Waals surface area (Å²) in [6.45, 7) is 3.98. The molecule has 1 aliphatic rings. The Balaban J connectivity index is 2.11. The molecule has 1 aromatic carbocycles. The highest BCUT2D eigenvalue weighted by atomic mass is 19.4. The molecule has 0 aliphatic carbocycles. The number of hydrogen-bond acceptors (Lipinski definition) is 5. The summed E-state index contributed by atoms with van der Waals surface area (Å²) in [5.41, 5.74) is -3.10. The molecule has 0 fully saturated rings. The van der Waals surface area contributed by atoms with Gasteiger partial charge in [-0.3, -0.25) is 9.69 Å². The molecular weight excluding hydrogens is 518 g/mol. The second-order valence-electron chi connectivity index (χ2n) is 9.02. The smallest absolute Gasteiger partial charge is 0.416 e. The number of alkyl halides is 6. The second-order valence-corrected chi connectivity index (χ2v) is 9.02. The summed E-state index contributed by atoms with van der Waals surface area (Å²) >= 11 is 0. The third-order valence-corrected chi connectivity index (χ3v) is 5.82. The van der Waals surface area contributed by atoms with E-state index in [2.05, 4.69) is 4.98 Å². The molecular formula is C25H24F6N4O3. The molecule has 0 saturated heterocycles. The van der Waals surface area contributed by atoms with E-state index in [1.165, 1.54) is 17.0 Å². The molecule has 1 atom stereocenters. The van der Waals surface area contributed by atoms with Crippen molar-refractivity contribution in [2.45, 2.75) is 64.7 Å². The van der Waals surface area contributed by atoms with E-state index >= 15 is 0 Å². The molecule has 0 N–H and O–H groups in total. The van der Waals surface area contributed by atoms with Gasteiger partial charge in [-0.15, -0.1) is 0 Å². The number of pyridine rings is 1. The van der Waals surface area contributed by atoms with Crippen LogP contribution in [0.5, 0.6) is 0 Å². The minimum atomic E-state index is -5.05. The highest BCUT2D eigenvalue weighted by molar-refractivity contribution is 5.89. The van der Waals surface area contributed by atoms with E-state index < -0.39 is 54.2 Å². The molecule has 2 heterocycles. The second kappa shape index (κ2) is 10.9. The fourth-order valence-electron chi connectivity index (χ4n) is 4.21. The Morgan fingerprint density at radius 1 is 1.13 bits per heavy atom. The van der Waals surface area contributed by atoms with Gasteiger partial charge in [0.15, 0.2) is 0 Å². The highest BCUT2D eigenvalue weighted by Gasteiger charge is 2.38. The normalized spacial score (nSPS) is 15.9. The zero-order chi connectivity index (χ0) is 28.4. The minimum absolute atomic E-state index is 0.0154. The van der Waals surface area contributed by atoms with Crippen molar-refractivity contribution in [1.82, 2.24) is 9.88 Å². The van der Waals surface area contributed by atoms with E-state index in [-0.39, 0.29) is 41.7 Å². The molecule has 0 bridgehead atoms. The Bertz CT molecular complexity index is 1220. The number of carbonyl (C=O) groups excluding carboxylic acids is 2. The molecule has 0 radical (unpaired) electrons. The summed E-state index contributed by atoms with van der Waals surface area (Å²) in [6.07, 6.45) is -10.8. The number of hydrogen-bond donors (Lipinski definition) is 0. The summed E-state index contributed by atoms with van der Waals surface area (Å²) in [5.74, 6) is -0.644. The molecule has 38 heavy (non-hydrogen) atoms. The van der Waals surface area contributed by atoms with Crippen molar-refractivity contribution in [3.8, 4) is 6.07 Å². The summed E-state index contributed by atoms with van der Waals surface area (Å²) in [6, 6.07) is 4.86. The van der Waals surface area contributed by atoms with Crippen LogP contribution in [0.3, 0.4) is 0 Å². The number of rotatable bonds is 4. The first-order valence-electron chi connectivity index (χ1n) is 11.6. The SMILES string of the molecule is CC(=O)N(Cc1cc(C(F)(F)F)cc(C(F)(F)F)c1)C1CCCN(C(=O)OC(C)C)c2ccc(C#N)nc21. The summed E-state index contributed by atoms with van der Waals surface area (Å²) in [7, 11) is 0. The van der Waals surface area contributed by atoms with Gasteiger partial charge in [-0.2, -0.15) is 31.6 Å². The van der Waals surface area contributed by atoms with E-state index in [9.17, 15) is 41.2 Å². The number of benzene rings is 1. The third kappa shape index (κ3) is 6.54. The number of nitriles is 1. The Morgan fingerprint density at radius 2 is 1.74 bits per heavy atom. The van der Waals surface area contributed by atoms with Gasteiger partial charge in [-0.25, -0.2) is 9.78 Å². The zero-order valence-electron chi connectivity index (χ0n) is 20.7. The molecule has 1 aromatic heterocycles. The molecule has 3 rings (SSSR count). The molecule has 0 saturated carbocycles. The van der Waals surface area contributed by atoms with Crippen molar-refractivity contribution < 1.29 is 40.7 Å². The van der Waals surface area contributed by atoms with Gasteiger partial charge in [-0.1, -0.05) is 0 Å². The molecule has 1 unspecified atom stereocenters. The maximum atomic E-state index is 13.4. The van der Waals surface area contributed by atoms with Crippen LogP contribution < -0.4 is 4.90 Å². The average Bonchev–Trinajstić information content (AvgIpc) is 2.99. The monoisotopic (exact) mass is 542 g/mol. The molecule has 13 heteroatoms. The van der Waals surface area contributed by atoms with Crippen LogP contribution in [0.25, 0.3) is 0 Å². The van der Waals surface area contributed by atoms with Gasteiger partial charge >= 0.3 is 18.4 Å². The first-order chi connectivity index (χ1) is 17.6.